The van der Waals surface area contributed by atoms with Crippen LogP contribution >= 0.6 is 0 Å². The van der Waals surface area contributed by atoms with Crippen LogP contribution in [0.4, 0.5) is 0 Å². The summed E-state index contributed by atoms with van der Waals surface area (Å²) in [6, 6.07) is 7.38. The van der Waals surface area contributed by atoms with E-state index in [-0.39, 0.29) is 19.1 Å². The van der Waals surface area contributed by atoms with Crippen molar-refractivity contribution in [3.8, 4) is 5.69 Å². The van der Waals surface area contributed by atoms with Crippen LogP contribution in [-0.2, 0) is 19.1 Å². The number of para-hydroxylation sites is 1. The van der Waals surface area contributed by atoms with Crippen molar-refractivity contribution in [1.29, 1.82) is 0 Å². The molecule has 2 aliphatic carbocycles. The number of carbonyl (C=O) groups excluding carboxylic acids is 2. The molecule has 0 spiro atoms. The lowest BCUT2D eigenvalue weighted by atomic mass is 9.51. The van der Waals surface area contributed by atoms with Gasteiger partial charge >= 0.3 is 23.3 Å². The summed E-state index contributed by atoms with van der Waals surface area (Å²) in [5, 5.41) is 0. The standard InChI is InChI=1S/C22H21N3O6/c1-3-30-19(27)22-14(12-31-13(2)26)11-16(22)17-9-10-18(22)25-21(29)23(20(28)24(17)25)15-7-5-4-6-8-15/h4-11,16-18H,3,12H2,1-2H3/t16-,17+,18-,22+/m0/s1. The summed E-state index contributed by atoms with van der Waals surface area (Å²) in [6.07, 6.45) is 5.47. The van der Waals surface area contributed by atoms with Crippen LogP contribution in [0, 0.1) is 11.3 Å². The van der Waals surface area contributed by atoms with E-state index in [9.17, 15) is 19.2 Å². The number of hydrogen-bond donors (Lipinski definition) is 0. The summed E-state index contributed by atoms with van der Waals surface area (Å²) in [5.41, 5.74) is -1.14. The van der Waals surface area contributed by atoms with Gasteiger partial charge in [0.15, 0.2) is 0 Å². The molecule has 2 bridgehead atoms. The summed E-state index contributed by atoms with van der Waals surface area (Å²) >= 11 is 0. The molecule has 0 radical (unpaired) electrons. The summed E-state index contributed by atoms with van der Waals surface area (Å²) in [6.45, 7) is 3.10. The van der Waals surface area contributed by atoms with E-state index in [0.717, 1.165) is 4.57 Å². The fraction of sp³-hybridized carbons (Fsp3) is 0.364. The molecule has 9 heteroatoms. The van der Waals surface area contributed by atoms with Crippen molar-refractivity contribution in [2.75, 3.05) is 13.2 Å². The minimum absolute atomic E-state index is 0.0694. The summed E-state index contributed by atoms with van der Waals surface area (Å²) < 4.78 is 14.5. The summed E-state index contributed by atoms with van der Waals surface area (Å²) in [7, 11) is 0. The van der Waals surface area contributed by atoms with Crippen LogP contribution in [0.1, 0.15) is 25.9 Å². The first-order chi connectivity index (χ1) is 14.9. The van der Waals surface area contributed by atoms with Crippen molar-refractivity contribution in [2.24, 2.45) is 11.3 Å². The van der Waals surface area contributed by atoms with E-state index in [4.69, 9.17) is 9.47 Å². The molecule has 0 saturated heterocycles. The zero-order valence-corrected chi connectivity index (χ0v) is 17.1. The van der Waals surface area contributed by atoms with Gasteiger partial charge in [-0.05, 0) is 24.6 Å². The molecule has 3 heterocycles. The normalized spacial score (nSPS) is 27.0. The van der Waals surface area contributed by atoms with Crippen LogP contribution in [0.2, 0.25) is 0 Å². The lowest BCUT2D eigenvalue weighted by Gasteiger charge is -2.57. The smallest absolute Gasteiger partial charge is 0.352 e. The second-order valence-corrected chi connectivity index (χ2v) is 7.83. The van der Waals surface area contributed by atoms with Crippen molar-refractivity contribution in [3.05, 3.63) is 75.1 Å². The Bertz CT molecular complexity index is 1260. The molecule has 2 aromatic rings. The Balaban J connectivity index is 1.70. The van der Waals surface area contributed by atoms with Gasteiger partial charge in [-0.1, -0.05) is 36.4 Å². The Morgan fingerprint density at radius 3 is 2.42 bits per heavy atom. The molecule has 0 N–H and O–H groups in total. The Hall–Kier alpha value is -3.62. The van der Waals surface area contributed by atoms with Gasteiger partial charge in [0.1, 0.15) is 12.0 Å². The van der Waals surface area contributed by atoms with Gasteiger partial charge in [-0.25, -0.2) is 23.5 Å². The predicted octanol–water partition coefficient (Wildman–Crippen LogP) is 1.14. The van der Waals surface area contributed by atoms with Gasteiger partial charge in [0.05, 0.1) is 24.4 Å². The minimum Gasteiger partial charge on any atom is -0.465 e. The van der Waals surface area contributed by atoms with Crippen molar-refractivity contribution in [2.45, 2.75) is 25.9 Å². The van der Waals surface area contributed by atoms with Gasteiger partial charge in [0.25, 0.3) is 0 Å². The number of carbonyl (C=O) groups is 2. The van der Waals surface area contributed by atoms with Gasteiger partial charge in [0.2, 0.25) is 0 Å². The van der Waals surface area contributed by atoms with Gasteiger partial charge in [-0.15, -0.1) is 0 Å². The van der Waals surface area contributed by atoms with Gasteiger partial charge < -0.3 is 9.47 Å². The maximum atomic E-state index is 13.4. The lowest BCUT2D eigenvalue weighted by molar-refractivity contribution is -0.166. The van der Waals surface area contributed by atoms with E-state index < -0.39 is 40.8 Å². The third kappa shape index (κ3) is 2.37. The second-order valence-electron chi connectivity index (χ2n) is 7.83. The topological polar surface area (TPSA) is 102 Å². The Kier molecular flexibility index (Phi) is 4.18. The van der Waals surface area contributed by atoms with Crippen LogP contribution in [0.15, 0.2) is 63.7 Å². The Labute approximate surface area is 176 Å². The molecule has 1 aromatic heterocycles. The van der Waals surface area contributed by atoms with E-state index >= 15 is 0 Å². The number of aromatic nitrogens is 3. The fourth-order valence-electron chi connectivity index (χ4n) is 5.14. The molecule has 2 aliphatic heterocycles. The molecule has 0 amide bonds. The highest BCUT2D eigenvalue weighted by Gasteiger charge is 2.67. The summed E-state index contributed by atoms with van der Waals surface area (Å²) in [5.74, 6) is -1.33. The molecule has 4 atom stereocenters. The van der Waals surface area contributed by atoms with E-state index in [2.05, 4.69) is 0 Å². The first-order valence-electron chi connectivity index (χ1n) is 10.1. The number of nitrogens with zero attached hydrogens (tertiary/aromatic N) is 3. The Morgan fingerprint density at radius 1 is 1.03 bits per heavy atom. The fourth-order valence-corrected chi connectivity index (χ4v) is 5.14. The molecular formula is C22H21N3O6. The quantitative estimate of drug-likeness (QED) is 0.528. The summed E-state index contributed by atoms with van der Waals surface area (Å²) in [4.78, 5) is 51.3. The maximum Gasteiger partial charge on any atom is 0.352 e. The Morgan fingerprint density at radius 2 is 1.74 bits per heavy atom. The minimum atomic E-state index is -1.19. The highest BCUT2D eigenvalue weighted by molar-refractivity contribution is 5.86. The van der Waals surface area contributed by atoms with Crippen LogP contribution in [-0.4, -0.2) is 39.1 Å². The second kappa shape index (κ2) is 6.69. The zero-order chi connectivity index (χ0) is 21.9. The molecule has 0 saturated carbocycles. The lowest BCUT2D eigenvalue weighted by Crippen LogP contribution is -2.63. The molecule has 4 aliphatic rings. The molecule has 1 aromatic carbocycles. The van der Waals surface area contributed by atoms with Crippen molar-refractivity contribution >= 4 is 11.9 Å². The van der Waals surface area contributed by atoms with Gasteiger partial charge in [0, 0.05) is 12.8 Å². The number of esters is 2. The highest BCUT2D eigenvalue weighted by atomic mass is 16.5. The monoisotopic (exact) mass is 423 g/mol. The molecule has 6 rings (SSSR count). The van der Waals surface area contributed by atoms with Crippen LogP contribution in [0.3, 0.4) is 0 Å². The number of benzene rings is 1. The van der Waals surface area contributed by atoms with E-state index in [1.165, 1.54) is 16.3 Å². The van der Waals surface area contributed by atoms with Crippen molar-refractivity contribution in [1.82, 2.24) is 13.9 Å². The number of allylic oxidation sites excluding steroid dienone is 3. The van der Waals surface area contributed by atoms with Crippen molar-refractivity contribution < 1.29 is 19.1 Å². The number of rotatable bonds is 5. The molecule has 0 fully saturated rings. The first kappa shape index (κ1) is 19.3. The van der Waals surface area contributed by atoms with E-state index in [1.54, 1.807) is 43.3 Å². The van der Waals surface area contributed by atoms with Crippen LogP contribution in [0.5, 0.6) is 0 Å². The predicted molar refractivity (Wildman–Crippen MR) is 109 cm³/mol. The van der Waals surface area contributed by atoms with Crippen LogP contribution < -0.4 is 11.4 Å². The molecule has 31 heavy (non-hydrogen) atoms. The average Bonchev–Trinajstić information content (AvgIpc) is 3.00. The van der Waals surface area contributed by atoms with Crippen LogP contribution in [0.25, 0.3) is 5.69 Å². The zero-order valence-electron chi connectivity index (χ0n) is 17.1. The van der Waals surface area contributed by atoms with E-state index in [0.29, 0.717) is 11.3 Å². The largest absolute Gasteiger partial charge is 0.465 e. The third-order valence-corrected chi connectivity index (χ3v) is 6.37. The van der Waals surface area contributed by atoms with Crippen molar-refractivity contribution in [3.63, 3.8) is 0 Å². The number of hydrogen-bond acceptors (Lipinski definition) is 6. The van der Waals surface area contributed by atoms with Gasteiger partial charge in [-0.3, -0.25) is 9.59 Å². The SMILES string of the molecule is CCOC(=O)[C@]12C(COC(C)=O)=C[C@H]1[C@H]1C=C[C@@H]2n2c(=O)n(-c3ccccc3)c(=O)n21. The molecule has 9 nitrogen and oxygen atoms in total. The number of ether oxygens (including phenoxy) is 2. The molecule has 0 unspecified atom stereocenters. The third-order valence-electron chi connectivity index (χ3n) is 6.37. The maximum absolute atomic E-state index is 13.4. The highest BCUT2D eigenvalue weighted by Crippen LogP contribution is 2.63. The first-order valence-corrected chi connectivity index (χ1v) is 10.1. The molecular weight excluding hydrogens is 402 g/mol. The average molecular weight is 423 g/mol. The van der Waals surface area contributed by atoms with E-state index in [1.807, 2.05) is 12.2 Å². The molecule has 160 valence electrons. The van der Waals surface area contributed by atoms with Gasteiger partial charge in [-0.2, -0.15) is 0 Å².